The van der Waals surface area contributed by atoms with Crippen molar-refractivity contribution in [2.24, 2.45) is 0 Å². The lowest BCUT2D eigenvalue weighted by molar-refractivity contribution is -0.122. The maximum absolute atomic E-state index is 11.7. The molecular weight excluding hydrogens is 280 g/mol. The van der Waals surface area contributed by atoms with Gasteiger partial charge in [-0.25, -0.2) is 0 Å². The second kappa shape index (κ2) is 9.20. The highest BCUT2D eigenvalue weighted by atomic mass is 16.5. The van der Waals surface area contributed by atoms with Crippen LogP contribution >= 0.6 is 0 Å². The number of benzene rings is 1. The Bertz CT molecular complexity index is 470. The quantitative estimate of drug-likeness (QED) is 0.763. The van der Waals surface area contributed by atoms with Crippen LogP contribution in [0.25, 0.3) is 0 Å². The summed E-state index contributed by atoms with van der Waals surface area (Å²) >= 11 is 0. The van der Waals surface area contributed by atoms with Gasteiger partial charge in [-0.2, -0.15) is 0 Å². The molecule has 1 aliphatic rings. The third-order valence-electron chi connectivity index (χ3n) is 3.69. The highest BCUT2D eigenvalue weighted by molar-refractivity contribution is 5.80. The molecule has 1 aromatic rings. The van der Waals surface area contributed by atoms with Crippen LogP contribution in [0, 0.1) is 0 Å². The first-order valence-electron chi connectivity index (χ1n) is 7.93. The summed E-state index contributed by atoms with van der Waals surface area (Å²) < 4.78 is 5.50. The lowest BCUT2D eigenvalue weighted by Crippen LogP contribution is -2.32. The number of rotatable bonds is 8. The molecule has 2 N–H and O–H groups in total. The molecule has 5 nitrogen and oxygen atoms in total. The van der Waals surface area contributed by atoms with Gasteiger partial charge in [-0.15, -0.1) is 0 Å². The SMILES string of the molecule is O=C(CCNC(=O)Cc1ccccc1)NCCC1CCCO1. The summed E-state index contributed by atoms with van der Waals surface area (Å²) in [6.45, 7) is 1.85. The maximum atomic E-state index is 11.7. The standard InChI is InChI=1S/C17H24N2O3/c20-16(18-10-8-15-7-4-12-22-15)9-11-19-17(21)13-14-5-2-1-3-6-14/h1-3,5-6,15H,4,7-13H2,(H,18,20)(H,19,21). The van der Waals surface area contributed by atoms with E-state index < -0.39 is 0 Å². The Balaban J connectivity index is 1.51. The first-order chi connectivity index (χ1) is 10.7. The fourth-order valence-corrected chi connectivity index (χ4v) is 2.49. The summed E-state index contributed by atoms with van der Waals surface area (Å²) in [6.07, 6.45) is 4.03. The van der Waals surface area contributed by atoms with E-state index in [1.165, 1.54) is 0 Å². The van der Waals surface area contributed by atoms with Crippen molar-refractivity contribution in [2.75, 3.05) is 19.7 Å². The van der Waals surface area contributed by atoms with E-state index in [2.05, 4.69) is 10.6 Å². The fraction of sp³-hybridized carbons (Fsp3) is 0.529. The molecule has 2 amide bonds. The number of carbonyl (C=O) groups excluding carboxylic acids is 2. The molecule has 1 atom stereocenters. The normalized spacial score (nSPS) is 17.2. The van der Waals surface area contributed by atoms with Crippen LogP contribution < -0.4 is 10.6 Å². The highest BCUT2D eigenvalue weighted by Gasteiger charge is 2.15. The van der Waals surface area contributed by atoms with Crippen molar-refractivity contribution in [3.8, 4) is 0 Å². The van der Waals surface area contributed by atoms with Crippen LogP contribution in [0.5, 0.6) is 0 Å². The summed E-state index contributed by atoms with van der Waals surface area (Å²) in [7, 11) is 0. The van der Waals surface area contributed by atoms with Gasteiger partial charge >= 0.3 is 0 Å². The van der Waals surface area contributed by atoms with Crippen LogP contribution in [0.4, 0.5) is 0 Å². The molecule has 1 aliphatic heterocycles. The Labute approximate surface area is 131 Å². The van der Waals surface area contributed by atoms with Crippen LogP contribution in [0.15, 0.2) is 30.3 Å². The van der Waals surface area contributed by atoms with E-state index in [-0.39, 0.29) is 11.8 Å². The van der Waals surface area contributed by atoms with E-state index in [0.717, 1.165) is 31.4 Å². The Morgan fingerprint density at radius 3 is 2.59 bits per heavy atom. The number of hydrogen-bond acceptors (Lipinski definition) is 3. The van der Waals surface area contributed by atoms with Crippen LogP contribution in [-0.2, 0) is 20.7 Å². The minimum absolute atomic E-state index is 0.0296. The lowest BCUT2D eigenvalue weighted by Gasteiger charge is -2.10. The summed E-state index contributed by atoms with van der Waals surface area (Å²) in [4.78, 5) is 23.4. The van der Waals surface area contributed by atoms with Crippen LogP contribution in [0.2, 0.25) is 0 Å². The van der Waals surface area contributed by atoms with E-state index in [0.29, 0.717) is 32.0 Å². The minimum atomic E-state index is -0.0571. The fourth-order valence-electron chi connectivity index (χ4n) is 2.49. The molecule has 0 saturated carbocycles. The molecule has 2 rings (SSSR count). The van der Waals surface area contributed by atoms with E-state index in [4.69, 9.17) is 4.74 Å². The van der Waals surface area contributed by atoms with Gasteiger partial charge in [-0.05, 0) is 24.8 Å². The molecule has 0 aliphatic carbocycles. The summed E-state index contributed by atoms with van der Waals surface area (Å²) in [5.74, 6) is -0.0867. The molecule has 1 heterocycles. The Hall–Kier alpha value is -1.88. The Morgan fingerprint density at radius 1 is 1.09 bits per heavy atom. The van der Waals surface area contributed by atoms with Gasteiger partial charge in [0, 0.05) is 26.1 Å². The van der Waals surface area contributed by atoms with Gasteiger partial charge in [0.25, 0.3) is 0 Å². The first kappa shape index (κ1) is 16.5. The predicted octanol–water partition coefficient (Wildman–Crippen LogP) is 1.42. The molecule has 22 heavy (non-hydrogen) atoms. The molecule has 0 aromatic heterocycles. The number of nitrogens with one attached hydrogen (secondary N) is 2. The largest absolute Gasteiger partial charge is 0.378 e. The van der Waals surface area contributed by atoms with Crippen LogP contribution in [0.3, 0.4) is 0 Å². The smallest absolute Gasteiger partial charge is 0.224 e. The van der Waals surface area contributed by atoms with Crippen molar-refractivity contribution in [2.45, 2.75) is 38.2 Å². The predicted molar refractivity (Wildman–Crippen MR) is 84.4 cm³/mol. The molecule has 0 radical (unpaired) electrons. The number of carbonyl (C=O) groups is 2. The van der Waals surface area contributed by atoms with Gasteiger partial charge in [0.15, 0.2) is 0 Å². The topological polar surface area (TPSA) is 67.4 Å². The minimum Gasteiger partial charge on any atom is -0.378 e. The van der Waals surface area contributed by atoms with E-state index in [1.807, 2.05) is 30.3 Å². The van der Waals surface area contributed by atoms with Crippen molar-refractivity contribution in [1.29, 1.82) is 0 Å². The van der Waals surface area contributed by atoms with Crippen molar-refractivity contribution in [3.63, 3.8) is 0 Å². The van der Waals surface area contributed by atoms with Crippen molar-refractivity contribution in [3.05, 3.63) is 35.9 Å². The highest BCUT2D eigenvalue weighted by Crippen LogP contribution is 2.14. The van der Waals surface area contributed by atoms with Gasteiger partial charge in [0.05, 0.1) is 12.5 Å². The number of hydrogen-bond donors (Lipinski definition) is 2. The molecule has 0 bridgehead atoms. The van der Waals surface area contributed by atoms with Gasteiger partial charge in [0.2, 0.25) is 11.8 Å². The molecular formula is C17H24N2O3. The molecule has 1 aromatic carbocycles. The van der Waals surface area contributed by atoms with Crippen molar-refractivity contribution < 1.29 is 14.3 Å². The second-order valence-electron chi connectivity index (χ2n) is 5.54. The van der Waals surface area contributed by atoms with Crippen molar-refractivity contribution >= 4 is 11.8 Å². The third kappa shape index (κ3) is 6.26. The lowest BCUT2D eigenvalue weighted by atomic mass is 10.1. The van der Waals surface area contributed by atoms with Gasteiger partial charge < -0.3 is 15.4 Å². The van der Waals surface area contributed by atoms with Gasteiger partial charge in [0.1, 0.15) is 0 Å². The Kier molecular flexibility index (Phi) is 6.90. The van der Waals surface area contributed by atoms with Crippen LogP contribution in [0.1, 0.15) is 31.2 Å². The number of ether oxygens (including phenoxy) is 1. The molecule has 0 spiro atoms. The molecule has 1 saturated heterocycles. The average molecular weight is 304 g/mol. The van der Waals surface area contributed by atoms with E-state index >= 15 is 0 Å². The summed E-state index contributed by atoms with van der Waals surface area (Å²) in [6, 6.07) is 9.56. The van der Waals surface area contributed by atoms with Crippen molar-refractivity contribution in [1.82, 2.24) is 10.6 Å². The molecule has 5 heteroatoms. The monoisotopic (exact) mass is 304 g/mol. The Morgan fingerprint density at radius 2 is 1.86 bits per heavy atom. The second-order valence-corrected chi connectivity index (χ2v) is 5.54. The zero-order valence-electron chi connectivity index (χ0n) is 12.8. The zero-order chi connectivity index (χ0) is 15.6. The number of amides is 2. The van der Waals surface area contributed by atoms with E-state index in [1.54, 1.807) is 0 Å². The summed E-state index contributed by atoms with van der Waals surface area (Å²) in [5.41, 5.74) is 0.973. The first-order valence-corrected chi connectivity index (χ1v) is 7.93. The maximum Gasteiger partial charge on any atom is 0.224 e. The average Bonchev–Trinajstić information content (AvgIpc) is 3.01. The zero-order valence-corrected chi connectivity index (χ0v) is 12.8. The van der Waals surface area contributed by atoms with Crippen LogP contribution in [-0.4, -0.2) is 37.6 Å². The molecule has 120 valence electrons. The molecule has 1 unspecified atom stereocenters. The van der Waals surface area contributed by atoms with Gasteiger partial charge in [-0.3, -0.25) is 9.59 Å². The summed E-state index contributed by atoms with van der Waals surface area (Å²) in [5, 5.41) is 5.63. The van der Waals surface area contributed by atoms with E-state index in [9.17, 15) is 9.59 Å². The molecule has 1 fully saturated rings. The van der Waals surface area contributed by atoms with Gasteiger partial charge in [-0.1, -0.05) is 30.3 Å². The third-order valence-corrected chi connectivity index (χ3v) is 3.69.